The molecule has 0 saturated carbocycles. The molecular weight excluding hydrogens is 358 g/mol. The Balaban J connectivity index is 2.27. The summed E-state index contributed by atoms with van der Waals surface area (Å²) in [5.74, 6) is -1.42. The predicted molar refractivity (Wildman–Crippen MR) is 85.2 cm³/mol. The van der Waals surface area contributed by atoms with Crippen LogP contribution in [-0.2, 0) is 0 Å². The average Bonchev–Trinajstić information content (AvgIpc) is 2.41. The molecule has 4 nitrogen and oxygen atoms in total. The van der Waals surface area contributed by atoms with Crippen LogP contribution in [0.5, 0.6) is 0 Å². The third kappa shape index (κ3) is 3.83. The van der Waals surface area contributed by atoms with Crippen LogP contribution in [0.25, 0.3) is 0 Å². The molecule has 0 radical (unpaired) electrons. The third-order valence-electron chi connectivity index (χ3n) is 2.84. The van der Waals surface area contributed by atoms with Gasteiger partial charge in [0.1, 0.15) is 0 Å². The van der Waals surface area contributed by atoms with Crippen molar-refractivity contribution in [2.45, 2.75) is 6.92 Å². The van der Waals surface area contributed by atoms with Gasteiger partial charge < -0.3 is 10.4 Å². The smallest absolute Gasteiger partial charge is 0.335 e. The molecule has 0 heterocycles. The van der Waals surface area contributed by atoms with E-state index in [4.69, 9.17) is 16.7 Å². The highest BCUT2D eigenvalue weighted by molar-refractivity contribution is 9.10. The molecule has 0 unspecified atom stereocenters. The quantitative estimate of drug-likeness (QED) is 0.846. The third-order valence-corrected chi connectivity index (χ3v) is 3.70. The van der Waals surface area contributed by atoms with Gasteiger partial charge in [-0.25, -0.2) is 4.79 Å². The van der Waals surface area contributed by atoms with Crippen LogP contribution in [0.1, 0.15) is 26.3 Å². The standard InChI is InChI=1S/C15H11BrClNO3/c1-8-2-3-9(6-13(8)17)14(19)18-12-5-10(15(20)21)4-11(16)7-12/h2-7H,1H3,(H,18,19)(H,20,21). The molecule has 2 N–H and O–H groups in total. The zero-order valence-electron chi connectivity index (χ0n) is 11.0. The molecule has 0 spiro atoms. The SMILES string of the molecule is Cc1ccc(C(=O)Nc2cc(Br)cc(C(=O)O)c2)cc1Cl. The normalized spacial score (nSPS) is 10.2. The number of amides is 1. The van der Waals surface area contributed by atoms with Gasteiger partial charge in [0.25, 0.3) is 5.91 Å². The maximum atomic E-state index is 12.1. The van der Waals surface area contributed by atoms with Crippen molar-refractivity contribution in [2.75, 3.05) is 5.32 Å². The lowest BCUT2D eigenvalue weighted by atomic mass is 10.1. The minimum atomic E-state index is -1.06. The minimum Gasteiger partial charge on any atom is -0.478 e. The van der Waals surface area contributed by atoms with E-state index in [0.717, 1.165) is 5.56 Å². The molecule has 21 heavy (non-hydrogen) atoms. The maximum absolute atomic E-state index is 12.1. The van der Waals surface area contributed by atoms with Crippen molar-refractivity contribution in [3.05, 3.63) is 62.6 Å². The number of hydrogen-bond acceptors (Lipinski definition) is 2. The molecule has 0 aliphatic heterocycles. The van der Waals surface area contributed by atoms with Gasteiger partial charge in [0.2, 0.25) is 0 Å². The monoisotopic (exact) mass is 367 g/mol. The van der Waals surface area contributed by atoms with Crippen LogP contribution in [0, 0.1) is 6.92 Å². The van der Waals surface area contributed by atoms with Crippen molar-refractivity contribution in [3.63, 3.8) is 0 Å². The first-order valence-electron chi connectivity index (χ1n) is 5.98. The molecule has 0 atom stereocenters. The van der Waals surface area contributed by atoms with E-state index < -0.39 is 5.97 Å². The number of carboxylic acid groups (broad SMARTS) is 1. The molecule has 108 valence electrons. The second kappa shape index (κ2) is 6.28. The summed E-state index contributed by atoms with van der Waals surface area (Å²) in [4.78, 5) is 23.1. The molecule has 2 rings (SSSR count). The zero-order chi connectivity index (χ0) is 15.6. The highest BCUT2D eigenvalue weighted by Crippen LogP contribution is 2.22. The Bertz CT molecular complexity index is 731. The lowest BCUT2D eigenvalue weighted by Crippen LogP contribution is -2.12. The van der Waals surface area contributed by atoms with Gasteiger partial charge in [0.05, 0.1) is 5.56 Å². The number of rotatable bonds is 3. The van der Waals surface area contributed by atoms with Gasteiger partial charge in [0, 0.05) is 20.7 Å². The molecule has 0 aromatic heterocycles. The number of carbonyl (C=O) groups excluding carboxylic acids is 1. The second-order valence-corrected chi connectivity index (χ2v) is 5.77. The Morgan fingerprint density at radius 3 is 2.48 bits per heavy atom. The first-order chi connectivity index (χ1) is 9.86. The number of halogens is 2. The summed E-state index contributed by atoms with van der Waals surface area (Å²) in [6.45, 7) is 1.84. The van der Waals surface area contributed by atoms with Crippen molar-refractivity contribution in [2.24, 2.45) is 0 Å². The van der Waals surface area contributed by atoms with Gasteiger partial charge in [-0.2, -0.15) is 0 Å². The number of nitrogens with one attached hydrogen (secondary N) is 1. The Morgan fingerprint density at radius 1 is 1.14 bits per heavy atom. The summed E-state index contributed by atoms with van der Waals surface area (Å²) >= 11 is 9.20. The molecule has 6 heteroatoms. The molecule has 2 aromatic carbocycles. The lowest BCUT2D eigenvalue weighted by molar-refractivity contribution is 0.0696. The van der Waals surface area contributed by atoms with Crippen LogP contribution >= 0.6 is 27.5 Å². The van der Waals surface area contributed by atoms with Crippen molar-refractivity contribution >= 4 is 45.1 Å². The van der Waals surface area contributed by atoms with Crippen molar-refractivity contribution in [1.82, 2.24) is 0 Å². The predicted octanol–water partition coefficient (Wildman–Crippen LogP) is 4.36. The average molecular weight is 369 g/mol. The van der Waals surface area contributed by atoms with Gasteiger partial charge >= 0.3 is 5.97 Å². The number of aryl methyl sites for hydroxylation is 1. The Kier molecular flexibility index (Phi) is 4.65. The van der Waals surface area contributed by atoms with Crippen LogP contribution in [0.15, 0.2) is 40.9 Å². The van der Waals surface area contributed by atoms with Gasteiger partial charge in [0.15, 0.2) is 0 Å². The van der Waals surface area contributed by atoms with Gasteiger partial charge in [-0.3, -0.25) is 4.79 Å². The summed E-state index contributed by atoms with van der Waals surface area (Å²) in [5.41, 5.74) is 1.76. The van der Waals surface area contributed by atoms with Crippen LogP contribution < -0.4 is 5.32 Å². The molecule has 0 aliphatic carbocycles. The maximum Gasteiger partial charge on any atom is 0.335 e. The molecule has 0 fully saturated rings. The lowest BCUT2D eigenvalue weighted by Gasteiger charge is -2.08. The zero-order valence-corrected chi connectivity index (χ0v) is 13.3. The fraction of sp³-hybridized carbons (Fsp3) is 0.0667. The van der Waals surface area contributed by atoms with E-state index in [9.17, 15) is 9.59 Å². The van der Waals surface area contributed by atoms with E-state index in [1.807, 2.05) is 6.92 Å². The number of anilines is 1. The molecule has 0 aliphatic rings. The summed E-state index contributed by atoms with van der Waals surface area (Å²) in [6.07, 6.45) is 0. The number of carbonyl (C=O) groups is 2. The minimum absolute atomic E-state index is 0.0848. The Labute approximate surface area is 134 Å². The second-order valence-electron chi connectivity index (χ2n) is 4.45. The van der Waals surface area contributed by atoms with E-state index in [2.05, 4.69) is 21.2 Å². The molecule has 1 amide bonds. The van der Waals surface area contributed by atoms with E-state index in [-0.39, 0.29) is 11.5 Å². The largest absolute Gasteiger partial charge is 0.478 e. The summed E-state index contributed by atoms with van der Waals surface area (Å²) < 4.78 is 0.569. The number of aromatic carboxylic acids is 1. The first kappa shape index (κ1) is 15.5. The van der Waals surface area contributed by atoms with E-state index in [0.29, 0.717) is 20.7 Å². The number of carboxylic acids is 1. The first-order valence-corrected chi connectivity index (χ1v) is 7.15. The fourth-order valence-electron chi connectivity index (χ4n) is 1.72. The Morgan fingerprint density at radius 2 is 1.86 bits per heavy atom. The van der Waals surface area contributed by atoms with Crippen LogP contribution in [0.4, 0.5) is 5.69 Å². The van der Waals surface area contributed by atoms with Crippen LogP contribution in [-0.4, -0.2) is 17.0 Å². The molecular formula is C15H11BrClNO3. The number of hydrogen-bond donors (Lipinski definition) is 2. The van der Waals surface area contributed by atoms with Crippen molar-refractivity contribution in [1.29, 1.82) is 0 Å². The van der Waals surface area contributed by atoms with Gasteiger partial charge in [-0.1, -0.05) is 33.6 Å². The van der Waals surface area contributed by atoms with Crippen molar-refractivity contribution < 1.29 is 14.7 Å². The van der Waals surface area contributed by atoms with Crippen LogP contribution in [0.2, 0.25) is 5.02 Å². The van der Waals surface area contributed by atoms with Crippen LogP contribution in [0.3, 0.4) is 0 Å². The Hall–Kier alpha value is -1.85. The molecule has 0 saturated heterocycles. The van der Waals surface area contributed by atoms with E-state index >= 15 is 0 Å². The molecule has 0 bridgehead atoms. The summed E-state index contributed by atoms with van der Waals surface area (Å²) in [6, 6.07) is 9.46. The van der Waals surface area contributed by atoms with Gasteiger partial charge in [-0.05, 0) is 42.8 Å². The molecule has 2 aromatic rings. The fourth-order valence-corrected chi connectivity index (χ4v) is 2.40. The number of benzene rings is 2. The summed E-state index contributed by atoms with van der Waals surface area (Å²) in [5, 5.41) is 12.2. The van der Waals surface area contributed by atoms with Gasteiger partial charge in [-0.15, -0.1) is 0 Å². The topological polar surface area (TPSA) is 66.4 Å². The van der Waals surface area contributed by atoms with E-state index in [1.165, 1.54) is 12.1 Å². The highest BCUT2D eigenvalue weighted by atomic mass is 79.9. The summed E-state index contributed by atoms with van der Waals surface area (Å²) in [7, 11) is 0. The van der Waals surface area contributed by atoms with E-state index in [1.54, 1.807) is 24.3 Å². The van der Waals surface area contributed by atoms with Crippen molar-refractivity contribution in [3.8, 4) is 0 Å². The highest BCUT2D eigenvalue weighted by Gasteiger charge is 2.11.